The molecule has 1 atom stereocenters. The van der Waals surface area contributed by atoms with E-state index in [1.165, 1.54) is 6.92 Å². The van der Waals surface area contributed by atoms with Gasteiger partial charge in [0.25, 0.3) is 11.5 Å². The molecule has 10 nitrogen and oxygen atoms in total. The summed E-state index contributed by atoms with van der Waals surface area (Å²) in [6, 6.07) is 16.4. The molecule has 1 heterocycles. The topological polar surface area (TPSA) is 123 Å². The maximum atomic E-state index is 14.2. The molecule has 0 saturated carbocycles. The lowest BCUT2D eigenvalue weighted by atomic mass is 9.98. The van der Waals surface area contributed by atoms with Crippen LogP contribution in [0.2, 0.25) is 0 Å². The summed E-state index contributed by atoms with van der Waals surface area (Å²) < 4.78 is 6.99. The molecule has 0 bridgehead atoms. The van der Waals surface area contributed by atoms with Crippen LogP contribution in [0.4, 0.5) is 4.79 Å². The number of hydrogen-bond donors (Lipinski definition) is 2. The van der Waals surface area contributed by atoms with Crippen molar-refractivity contribution in [3.05, 3.63) is 98.7 Å². The van der Waals surface area contributed by atoms with Gasteiger partial charge in [0.2, 0.25) is 5.91 Å². The van der Waals surface area contributed by atoms with E-state index in [9.17, 15) is 19.2 Å². The summed E-state index contributed by atoms with van der Waals surface area (Å²) in [4.78, 5) is 59.1. The molecule has 0 aliphatic carbocycles. The van der Waals surface area contributed by atoms with Gasteiger partial charge in [-0.05, 0) is 64.7 Å². The standard InChI is InChI=1S/C35H47N5O5/c1-23(2)30(31-38-25(4)29(21-37-26(5)41)33(43)40(31)22-27-13-10-9-11-14-27)39(32(42)28-17-15-24(3)16-18-28)20-12-19-36-34(44)45-35(6,7)8/h9-11,13-18,23,30H,12,19-22H2,1-8H3,(H,36,44)(H,37,41). The highest BCUT2D eigenvalue weighted by atomic mass is 16.6. The third-order valence-electron chi connectivity index (χ3n) is 7.23. The maximum Gasteiger partial charge on any atom is 0.407 e. The average Bonchev–Trinajstić information content (AvgIpc) is 2.95. The van der Waals surface area contributed by atoms with Crippen molar-refractivity contribution >= 4 is 17.9 Å². The molecule has 1 unspecified atom stereocenters. The van der Waals surface area contributed by atoms with E-state index in [2.05, 4.69) is 10.6 Å². The second-order valence-corrected chi connectivity index (χ2v) is 12.7. The molecule has 1 aromatic heterocycles. The van der Waals surface area contributed by atoms with Crippen LogP contribution in [0.15, 0.2) is 59.4 Å². The van der Waals surface area contributed by atoms with Crippen molar-refractivity contribution in [2.45, 2.75) is 86.5 Å². The first kappa shape index (κ1) is 35.0. The molecule has 2 aromatic carbocycles. The van der Waals surface area contributed by atoms with Crippen LogP contribution in [0, 0.1) is 19.8 Å². The van der Waals surface area contributed by atoms with Crippen LogP contribution in [-0.4, -0.2) is 51.0 Å². The molecule has 10 heteroatoms. The number of alkyl carbamates (subject to hydrolysis) is 1. The van der Waals surface area contributed by atoms with Gasteiger partial charge in [0, 0.05) is 31.3 Å². The largest absolute Gasteiger partial charge is 0.444 e. The highest BCUT2D eigenvalue weighted by Gasteiger charge is 2.33. The molecule has 0 spiro atoms. The fourth-order valence-corrected chi connectivity index (χ4v) is 5.06. The number of aromatic nitrogens is 2. The number of carbonyl (C=O) groups excluding carboxylic acids is 3. The van der Waals surface area contributed by atoms with Gasteiger partial charge in [-0.1, -0.05) is 61.9 Å². The molecule has 3 rings (SSSR count). The van der Waals surface area contributed by atoms with E-state index in [1.54, 1.807) is 49.3 Å². The van der Waals surface area contributed by atoms with Gasteiger partial charge in [0.1, 0.15) is 11.4 Å². The summed E-state index contributed by atoms with van der Waals surface area (Å²) in [6.45, 7) is 15.4. The first-order valence-electron chi connectivity index (χ1n) is 15.4. The number of nitrogens with zero attached hydrogens (tertiary/aromatic N) is 3. The summed E-state index contributed by atoms with van der Waals surface area (Å²) in [5.41, 5.74) is 2.44. The molecule has 242 valence electrons. The lowest BCUT2D eigenvalue weighted by Gasteiger charge is -2.36. The summed E-state index contributed by atoms with van der Waals surface area (Å²) in [6.07, 6.45) is -0.0779. The molecule has 0 saturated heterocycles. The lowest BCUT2D eigenvalue weighted by molar-refractivity contribution is -0.119. The zero-order valence-electron chi connectivity index (χ0n) is 27.8. The zero-order chi connectivity index (χ0) is 33.3. The van der Waals surface area contributed by atoms with Crippen LogP contribution in [0.5, 0.6) is 0 Å². The van der Waals surface area contributed by atoms with E-state index >= 15 is 0 Å². The van der Waals surface area contributed by atoms with Crippen LogP contribution in [-0.2, 0) is 22.6 Å². The van der Waals surface area contributed by atoms with Crippen molar-refractivity contribution in [2.24, 2.45) is 5.92 Å². The predicted octanol–water partition coefficient (Wildman–Crippen LogP) is 5.30. The fraction of sp³-hybridized carbons (Fsp3) is 0.457. The van der Waals surface area contributed by atoms with Gasteiger partial charge in [-0.2, -0.15) is 0 Å². The molecule has 2 N–H and O–H groups in total. The molecule has 3 amide bonds. The van der Waals surface area contributed by atoms with Crippen LogP contribution in [0.1, 0.15) is 92.6 Å². The van der Waals surface area contributed by atoms with Crippen molar-refractivity contribution in [3.63, 3.8) is 0 Å². The molecular weight excluding hydrogens is 570 g/mol. The molecule has 3 aromatic rings. The Morgan fingerprint density at radius 3 is 2.20 bits per heavy atom. The van der Waals surface area contributed by atoms with E-state index < -0.39 is 17.7 Å². The summed E-state index contributed by atoms with van der Waals surface area (Å²) in [7, 11) is 0. The number of aryl methyl sites for hydroxylation is 2. The van der Waals surface area contributed by atoms with Gasteiger partial charge in [-0.15, -0.1) is 0 Å². The predicted molar refractivity (Wildman–Crippen MR) is 175 cm³/mol. The van der Waals surface area contributed by atoms with E-state index in [4.69, 9.17) is 9.72 Å². The van der Waals surface area contributed by atoms with Gasteiger partial charge in [-0.3, -0.25) is 19.0 Å². The Bertz CT molecular complexity index is 1520. The molecule has 0 fully saturated rings. The minimum Gasteiger partial charge on any atom is -0.444 e. The van der Waals surface area contributed by atoms with Gasteiger partial charge in [-0.25, -0.2) is 9.78 Å². The third-order valence-corrected chi connectivity index (χ3v) is 7.23. The summed E-state index contributed by atoms with van der Waals surface area (Å²) >= 11 is 0. The number of carbonyl (C=O) groups is 3. The second-order valence-electron chi connectivity index (χ2n) is 12.7. The van der Waals surface area contributed by atoms with Gasteiger partial charge in [0.15, 0.2) is 0 Å². The Labute approximate surface area is 266 Å². The highest BCUT2D eigenvalue weighted by Crippen LogP contribution is 2.30. The number of ether oxygens (including phenoxy) is 1. The number of amides is 3. The average molecular weight is 618 g/mol. The van der Waals surface area contributed by atoms with Crippen LogP contribution in [0.3, 0.4) is 0 Å². The lowest BCUT2D eigenvalue weighted by Crippen LogP contribution is -2.44. The minimum absolute atomic E-state index is 0.0523. The van der Waals surface area contributed by atoms with Gasteiger partial charge in [0.05, 0.1) is 24.7 Å². The van der Waals surface area contributed by atoms with E-state index in [0.717, 1.165) is 11.1 Å². The number of rotatable bonds is 12. The van der Waals surface area contributed by atoms with E-state index in [0.29, 0.717) is 35.6 Å². The maximum absolute atomic E-state index is 14.2. The Kier molecular flexibility index (Phi) is 12.1. The number of nitrogens with one attached hydrogen (secondary N) is 2. The molecule has 0 radical (unpaired) electrons. The van der Waals surface area contributed by atoms with Crippen LogP contribution < -0.4 is 16.2 Å². The Balaban J connectivity index is 2.10. The Morgan fingerprint density at radius 1 is 0.978 bits per heavy atom. The smallest absolute Gasteiger partial charge is 0.407 e. The molecular formula is C35H47N5O5. The first-order valence-corrected chi connectivity index (χ1v) is 15.4. The van der Waals surface area contributed by atoms with Crippen molar-refractivity contribution in [1.82, 2.24) is 25.1 Å². The van der Waals surface area contributed by atoms with Gasteiger partial charge < -0.3 is 20.3 Å². The quantitative estimate of drug-likeness (QED) is 0.266. The Morgan fingerprint density at radius 2 is 1.62 bits per heavy atom. The van der Waals surface area contributed by atoms with Crippen molar-refractivity contribution < 1.29 is 19.1 Å². The van der Waals surface area contributed by atoms with E-state index in [-0.39, 0.29) is 42.9 Å². The monoisotopic (exact) mass is 617 g/mol. The third kappa shape index (κ3) is 10.0. The second kappa shape index (κ2) is 15.5. The number of benzene rings is 2. The van der Waals surface area contributed by atoms with Crippen molar-refractivity contribution in [1.29, 1.82) is 0 Å². The van der Waals surface area contributed by atoms with Crippen molar-refractivity contribution in [3.8, 4) is 0 Å². The van der Waals surface area contributed by atoms with Crippen LogP contribution in [0.25, 0.3) is 0 Å². The van der Waals surface area contributed by atoms with Crippen molar-refractivity contribution in [2.75, 3.05) is 13.1 Å². The minimum atomic E-state index is -0.627. The molecule has 0 aliphatic heterocycles. The number of hydrogen-bond acceptors (Lipinski definition) is 6. The molecule has 45 heavy (non-hydrogen) atoms. The molecule has 0 aliphatic rings. The van der Waals surface area contributed by atoms with Gasteiger partial charge >= 0.3 is 6.09 Å². The fourth-order valence-electron chi connectivity index (χ4n) is 5.06. The highest BCUT2D eigenvalue weighted by molar-refractivity contribution is 5.94. The SMILES string of the molecule is CC(=O)NCc1c(C)nc(C(C(C)C)N(CCCNC(=O)OC(C)(C)C)C(=O)c2ccc(C)cc2)n(Cc2ccccc2)c1=O. The summed E-state index contributed by atoms with van der Waals surface area (Å²) in [5, 5.41) is 5.51. The van der Waals surface area contributed by atoms with E-state index in [1.807, 2.05) is 63.2 Å². The Hall–Kier alpha value is -4.47. The van der Waals surface area contributed by atoms with Crippen LogP contribution >= 0.6 is 0 Å². The summed E-state index contributed by atoms with van der Waals surface area (Å²) in [5.74, 6) is -0.120. The first-order chi connectivity index (χ1) is 21.2. The normalized spacial score (nSPS) is 12.0. The zero-order valence-corrected chi connectivity index (χ0v) is 27.8.